The molecule has 0 aliphatic heterocycles. The summed E-state index contributed by atoms with van der Waals surface area (Å²) in [5.74, 6) is -0.00610. The van der Waals surface area contributed by atoms with E-state index in [1.807, 2.05) is 26.0 Å². The van der Waals surface area contributed by atoms with Gasteiger partial charge in [-0.3, -0.25) is 10.1 Å². The molecule has 4 heteroatoms. The third-order valence-electron chi connectivity index (χ3n) is 4.08. The van der Waals surface area contributed by atoms with Gasteiger partial charge in [0, 0.05) is 21.5 Å². The number of aryl methyl sites for hydroxylation is 4. The Hall–Kier alpha value is -1.65. The maximum atomic E-state index is 12.4. The lowest BCUT2D eigenvalue weighted by molar-refractivity contribution is -0.117. The van der Waals surface area contributed by atoms with Crippen LogP contribution in [0, 0.1) is 27.7 Å². The van der Waals surface area contributed by atoms with Crippen molar-refractivity contribution in [2.24, 2.45) is 0 Å². The number of nitrogens with one attached hydrogen (secondary N) is 2. The van der Waals surface area contributed by atoms with E-state index >= 15 is 0 Å². The van der Waals surface area contributed by atoms with Crippen molar-refractivity contribution < 1.29 is 4.79 Å². The van der Waals surface area contributed by atoms with Gasteiger partial charge < -0.3 is 5.32 Å². The number of thiophene rings is 1. The lowest BCUT2D eigenvalue weighted by atomic mass is 10.1. The molecular weight excluding hydrogens is 304 g/mol. The molecule has 0 saturated heterocycles. The van der Waals surface area contributed by atoms with Crippen molar-refractivity contribution in [1.82, 2.24) is 5.32 Å². The number of benzene rings is 1. The molecule has 0 aliphatic carbocycles. The first-order valence-electron chi connectivity index (χ1n) is 7.99. The summed E-state index contributed by atoms with van der Waals surface area (Å²) in [7, 11) is 0. The first-order valence-corrected chi connectivity index (χ1v) is 8.80. The Balaban J connectivity index is 2.01. The standard InChI is InChI=1S/C19H26N2OS/c1-11-7-8-18(12(2)9-11)21-19(22)15(5)20-14(4)17-10-13(3)23-16(17)6/h7-10,14-15,20H,1-6H3,(H,21,22). The predicted molar refractivity (Wildman–Crippen MR) is 99.4 cm³/mol. The van der Waals surface area contributed by atoms with Gasteiger partial charge in [-0.25, -0.2) is 0 Å². The van der Waals surface area contributed by atoms with Crippen LogP contribution in [0.1, 0.15) is 46.3 Å². The molecular formula is C19H26N2OS. The van der Waals surface area contributed by atoms with Crippen molar-refractivity contribution in [3.8, 4) is 0 Å². The van der Waals surface area contributed by atoms with Gasteiger partial charge in [-0.1, -0.05) is 17.7 Å². The molecule has 124 valence electrons. The SMILES string of the molecule is Cc1ccc(NC(=O)C(C)NC(C)c2cc(C)sc2C)c(C)c1. The Labute approximate surface area is 143 Å². The van der Waals surface area contributed by atoms with Gasteiger partial charge in [0.15, 0.2) is 0 Å². The Morgan fingerprint density at radius 1 is 1.09 bits per heavy atom. The maximum Gasteiger partial charge on any atom is 0.241 e. The number of amides is 1. The molecule has 2 unspecified atom stereocenters. The summed E-state index contributed by atoms with van der Waals surface area (Å²) in [6.45, 7) is 12.3. The minimum absolute atomic E-state index is 0.00610. The zero-order chi connectivity index (χ0) is 17.1. The first-order chi connectivity index (χ1) is 10.8. The average molecular weight is 330 g/mol. The second kappa shape index (κ2) is 7.28. The molecule has 1 amide bonds. The summed E-state index contributed by atoms with van der Waals surface area (Å²) in [6, 6.07) is 8.15. The lowest BCUT2D eigenvalue weighted by Crippen LogP contribution is -2.39. The molecule has 2 rings (SSSR count). The van der Waals surface area contributed by atoms with E-state index < -0.39 is 0 Å². The zero-order valence-electron chi connectivity index (χ0n) is 14.8. The van der Waals surface area contributed by atoms with E-state index in [9.17, 15) is 4.79 Å². The third-order valence-corrected chi connectivity index (χ3v) is 5.06. The van der Waals surface area contributed by atoms with Crippen molar-refractivity contribution in [1.29, 1.82) is 0 Å². The summed E-state index contributed by atoms with van der Waals surface area (Å²) < 4.78 is 0. The lowest BCUT2D eigenvalue weighted by Gasteiger charge is -2.20. The molecule has 2 aromatic rings. The molecule has 3 nitrogen and oxygen atoms in total. The summed E-state index contributed by atoms with van der Waals surface area (Å²) in [5, 5.41) is 6.41. The molecule has 0 bridgehead atoms. The molecule has 0 fully saturated rings. The molecule has 0 spiro atoms. The Kier molecular flexibility index (Phi) is 5.60. The number of hydrogen-bond acceptors (Lipinski definition) is 3. The van der Waals surface area contributed by atoms with Crippen LogP contribution in [-0.2, 0) is 4.79 Å². The molecule has 2 N–H and O–H groups in total. The van der Waals surface area contributed by atoms with Crippen LogP contribution in [0.25, 0.3) is 0 Å². The van der Waals surface area contributed by atoms with Gasteiger partial charge in [0.2, 0.25) is 5.91 Å². The van der Waals surface area contributed by atoms with Crippen LogP contribution in [0.5, 0.6) is 0 Å². The van der Waals surface area contributed by atoms with Crippen LogP contribution < -0.4 is 10.6 Å². The van der Waals surface area contributed by atoms with Crippen molar-refractivity contribution in [3.05, 3.63) is 50.7 Å². The molecule has 0 saturated carbocycles. The second-order valence-electron chi connectivity index (χ2n) is 6.29. The number of anilines is 1. The van der Waals surface area contributed by atoms with Crippen LogP contribution in [0.15, 0.2) is 24.3 Å². The molecule has 1 aromatic carbocycles. The highest BCUT2D eigenvalue weighted by Gasteiger charge is 2.19. The minimum atomic E-state index is -0.259. The summed E-state index contributed by atoms with van der Waals surface area (Å²) in [6.07, 6.45) is 0. The molecule has 0 radical (unpaired) electrons. The molecule has 23 heavy (non-hydrogen) atoms. The Morgan fingerprint density at radius 2 is 1.78 bits per heavy atom. The van der Waals surface area contributed by atoms with E-state index in [-0.39, 0.29) is 18.0 Å². The van der Waals surface area contributed by atoms with Crippen molar-refractivity contribution in [3.63, 3.8) is 0 Å². The van der Waals surface area contributed by atoms with Crippen molar-refractivity contribution in [2.75, 3.05) is 5.32 Å². The fourth-order valence-electron chi connectivity index (χ4n) is 2.82. The molecule has 0 aliphatic rings. The molecule has 1 heterocycles. The Morgan fingerprint density at radius 3 is 2.35 bits per heavy atom. The van der Waals surface area contributed by atoms with E-state index in [0.29, 0.717) is 0 Å². The van der Waals surface area contributed by atoms with E-state index in [0.717, 1.165) is 11.3 Å². The Bertz CT molecular complexity index is 705. The average Bonchev–Trinajstić information content (AvgIpc) is 2.80. The van der Waals surface area contributed by atoms with Crippen LogP contribution >= 0.6 is 11.3 Å². The number of hydrogen-bond donors (Lipinski definition) is 2. The first kappa shape index (κ1) is 17.7. The van der Waals surface area contributed by atoms with Gasteiger partial charge >= 0.3 is 0 Å². The maximum absolute atomic E-state index is 12.4. The van der Waals surface area contributed by atoms with Gasteiger partial charge in [0.25, 0.3) is 0 Å². The highest BCUT2D eigenvalue weighted by atomic mass is 32.1. The summed E-state index contributed by atoms with van der Waals surface area (Å²) in [4.78, 5) is 15.0. The van der Waals surface area contributed by atoms with Gasteiger partial charge in [-0.15, -0.1) is 11.3 Å². The van der Waals surface area contributed by atoms with Gasteiger partial charge in [0.1, 0.15) is 0 Å². The zero-order valence-corrected chi connectivity index (χ0v) is 15.6. The number of rotatable bonds is 5. The topological polar surface area (TPSA) is 41.1 Å². The predicted octanol–water partition coefficient (Wildman–Crippen LogP) is 4.66. The minimum Gasteiger partial charge on any atom is -0.324 e. The summed E-state index contributed by atoms with van der Waals surface area (Å²) in [5.41, 5.74) is 4.44. The van der Waals surface area contributed by atoms with Crippen LogP contribution in [0.2, 0.25) is 0 Å². The van der Waals surface area contributed by atoms with Crippen molar-refractivity contribution >= 4 is 22.9 Å². The molecule has 1 aromatic heterocycles. The fraction of sp³-hybridized carbons (Fsp3) is 0.421. The summed E-state index contributed by atoms with van der Waals surface area (Å²) >= 11 is 1.80. The fourth-order valence-corrected chi connectivity index (χ4v) is 3.84. The highest BCUT2D eigenvalue weighted by Crippen LogP contribution is 2.26. The third kappa shape index (κ3) is 4.43. The second-order valence-corrected chi connectivity index (χ2v) is 7.75. The van der Waals surface area contributed by atoms with Crippen LogP contribution in [0.4, 0.5) is 5.69 Å². The normalized spacial score (nSPS) is 13.7. The van der Waals surface area contributed by atoms with Crippen LogP contribution in [0.3, 0.4) is 0 Å². The van der Waals surface area contributed by atoms with E-state index in [1.165, 1.54) is 20.9 Å². The van der Waals surface area contributed by atoms with E-state index in [4.69, 9.17) is 0 Å². The monoisotopic (exact) mass is 330 g/mol. The number of carbonyl (C=O) groups excluding carboxylic acids is 1. The van der Waals surface area contributed by atoms with Crippen molar-refractivity contribution in [2.45, 2.75) is 53.6 Å². The van der Waals surface area contributed by atoms with E-state index in [1.54, 1.807) is 11.3 Å². The van der Waals surface area contributed by atoms with Gasteiger partial charge in [-0.2, -0.15) is 0 Å². The smallest absolute Gasteiger partial charge is 0.241 e. The van der Waals surface area contributed by atoms with E-state index in [2.05, 4.69) is 50.5 Å². The quantitative estimate of drug-likeness (QED) is 0.837. The highest BCUT2D eigenvalue weighted by molar-refractivity contribution is 7.12. The largest absolute Gasteiger partial charge is 0.324 e. The van der Waals surface area contributed by atoms with Gasteiger partial charge in [-0.05, 0) is 64.8 Å². The molecule has 2 atom stereocenters. The van der Waals surface area contributed by atoms with Crippen LogP contribution in [-0.4, -0.2) is 11.9 Å². The van der Waals surface area contributed by atoms with Gasteiger partial charge in [0.05, 0.1) is 6.04 Å². The number of carbonyl (C=O) groups is 1.